The van der Waals surface area contributed by atoms with Gasteiger partial charge in [-0.25, -0.2) is 0 Å². The van der Waals surface area contributed by atoms with E-state index in [0.29, 0.717) is 11.3 Å². The third-order valence-corrected chi connectivity index (χ3v) is 2.66. The molecule has 0 bridgehead atoms. The molecule has 0 aromatic heterocycles. The highest BCUT2D eigenvalue weighted by atomic mass is 16.5. The summed E-state index contributed by atoms with van der Waals surface area (Å²) < 4.78 is 5.58. The summed E-state index contributed by atoms with van der Waals surface area (Å²) in [5, 5.41) is 8.74. The second-order valence-electron chi connectivity index (χ2n) is 4.12. The van der Waals surface area contributed by atoms with Gasteiger partial charge in [0.2, 0.25) is 0 Å². The zero-order valence-electron chi connectivity index (χ0n) is 10.4. The molecule has 0 spiro atoms. The van der Waals surface area contributed by atoms with E-state index in [1.165, 1.54) is 25.7 Å². The molecule has 0 amide bonds. The molecule has 1 rings (SSSR count). The Morgan fingerprint density at radius 3 is 2.65 bits per heavy atom. The van der Waals surface area contributed by atoms with Gasteiger partial charge in [0.1, 0.15) is 11.8 Å². The first kappa shape index (κ1) is 13.4. The molecule has 0 saturated heterocycles. The fourth-order valence-electron chi connectivity index (χ4n) is 1.63. The lowest BCUT2D eigenvalue weighted by atomic mass is 10.1. The van der Waals surface area contributed by atoms with Gasteiger partial charge in [-0.2, -0.15) is 5.26 Å². The van der Waals surface area contributed by atoms with Crippen LogP contribution in [0.2, 0.25) is 0 Å². The predicted molar refractivity (Wildman–Crippen MR) is 69.8 cm³/mol. The fourth-order valence-corrected chi connectivity index (χ4v) is 1.63. The van der Waals surface area contributed by atoms with Gasteiger partial charge in [-0.1, -0.05) is 32.6 Å². The van der Waals surface area contributed by atoms with Crippen LogP contribution in [0.5, 0.6) is 5.75 Å². The molecular formula is C14H20N2O. The van der Waals surface area contributed by atoms with Gasteiger partial charge in [-0.05, 0) is 18.6 Å². The maximum Gasteiger partial charge on any atom is 0.121 e. The van der Waals surface area contributed by atoms with E-state index in [9.17, 15) is 0 Å². The quantitative estimate of drug-likeness (QED) is 0.578. The molecule has 0 unspecified atom stereocenters. The molecule has 3 heteroatoms. The summed E-state index contributed by atoms with van der Waals surface area (Å²) in [6, 6.07) is 7.23. The third-order valence-electron chi connectivity index (χ3n) is 2.66. The van der Waals surface area contributed by atoms with Crippen molar-refractivity contribution < 1.29 is 4.74 Å². The van der Waals surface area contributed by atoms with Crippen molar-refractivity contribution in [2.45, 2.75) is 39.0 Å². The SMILES string of the molecule is CCCCCCCOc1ccc(C#N)c(N)c1. The van der Waals surface area contributed by atoms with Crippen LogP contribution in [0.15, 0.2) is 18.2 Å². The van der Waals surface area contributed by atoms with Crippen molar-refractivity contribution >= 4 is 5.69 Å². The lowest BCUT2D eigenvalue weighted by Gasteiger charge is -2.07. The molecule has 2 N–H and O–H groups in total. The first-order valence-electron chi connectivity index (χ1n) is 6.20. The van der Waals surface area contributed by atoms with Gasteiger partial charge < -0.3 is 10.5 Å². The first-order chi connectivity index (χ1) is 8.27. The Hall–Kier alpha value is -1.69. The lowest BCUT2D eigenvalue weighted by molar-refractivity contribution is 0.304. The molecular weight excluding hydrogens is 212 g/mol. The summed E-state index contributed by atoms with van der Waals surface area (Å²) in [5.74, 6) is 0.747. The van der Waals surface area contributed by atoms with Crippen molar-refractivity contribution in [3.8, 4) is 11.8 Å². The Bertz CT molecular complexity index is 382. The monoisotopic (exact) mass is 232 g/mol. The lowest BCUT2D eigenvalue weighted by Crippen LogP contribution is -1.99. The van der Waals surface area contributed by atoms with Crippen molar-refractivity contribution in [1.82, 2.24) is 0 Å². The molecule has 0 aliphatic heterocycles. The Labute approximate surface area is 103 Å². The molecule has 0 atom stereocenters. The number of ether oxygens (including phenoxy) is 1. The van der Waals surface area contributed by atoms with Gasteiger partial charge in [0.15, 0.2) is 0 Å². The third kappa shape index (κ3) is 4.78. The van der Waals surface area contributed by atoms with Gasteiger partial charge in [0.25, 0.3) is 0 Å². The maximum atomic E-state index is 8.74. The van der Waals surface area contributed by atoms with E-state index in [4.69, 9.17) is 15.7 Å². The molecule has 92 valence electrons. The summed E-state index contributed by atoms with van der Waals surface area (Å²) in [7, 11) is 0. The van der Waals surface area contributed by atoms with Crippen molar-refractivity contribution in [2.24, 2.45) is 0 Å². The average molecular weight is 232 g/mol. The normalized spacial score (nSPS) is 9.88. The van der Waals surface area contributed by atoms with Crippen LogP contribution in [0, 0.1) is 11.3 Å². The molecule has 0 heterocycles. The maximum absolute atomic E-state index is 8.74. The minimum atomic E-state index is 0.482. The highest BCUT2D eigenvalue weighted by Gasteiger charge is 2.00. The van der Waals surface area contributed by atoms with E-state index in [-0.39, 0.29) is 0 Å². The Morgan fingerprint density at radius 2 is 2.00 bits per heavy atom. The van der Waals surface area contributed by atoms with Crippen LogP contribution in [-0.4, -0.2) is 6.61 Å². The molecule has 0 fully saturated rings. The van der Waals surface area contributed by atoms with E-state index in [1.807, 2.05) is 6.07 Å². The number of nitriles is 1. The van der Waals surface area contributed by atoms with Gasteiger partial charge in [0.05, 0.1) is 17.9 Å². The Balaban J connectivity index is 2.28. The second kappa shape index (κ2) is 7.56. The topological polar surface area (TPSA) is 59.0 Å². The number of anilines is 1. The van der Waals surface area contributed by atoms with E-state index in [1.54, 1.807) is 18.2 Å². The van der Waals surface area contributed by atoms with Crippen molar-refractivity contribution in [1.29, 1.82) is 5.26 Å². The van der Waals surface area contributed by atoms with Gasteiger partial charge >= 0.3 is 0 Å². The van der Waals surface area contributed by atoms with Crippen LogP contribution in [-0.2, 0) is 0 Å². The van der Waals surface area contributed by atoms with Crippen LogP contribution in [0.1, 0.15) is 44.6 Å². The fraction of sp³-hybridized carbons (Fsp3) is 0.500. The van der Waals surface area contributed by atoms with Crippen molar-refractivity contribution in [3.05, 3.63) is 23.8 Å². The highest BCUT2D eigenvalue weighted by molar-refractivity contribution is 5.56. The standard InChI is InChI=1S/C14H20N2O/c1-2-3-4-5-6-9-17-13-8-7-12(11-15)14(16)10-13/h7-8,10H,2-6,9,16H2,1H3. The largest absolute Gasteiger partial charge is 0.494 e. The molecule has 0 aliphatic carbocycles. The summed E-state index contributed by atoms with van der Waals surface area (Å²) in [6.07, 6.45) is 6.10. The van der Waals surface area contributed by atoms with Gasteiger partial charge in [-0.3, -0.25) is 0 Å². The first-order valence-corrected chi connectivity index (χ1v) is 6.20. The number of hydrogen-bond acceptors (Lipinski definition) is 3. The number of nitrogens with two attached hydrogens (primary N) is 1. The smallest absolute Gasteiger partial charge is 0.121 e. The van der Waals surface area contributed by atoms with Crippen LogP contribution in [0.25, 0.3) is 0 Å². The zero-order chi connectivity index (χ0) is 12.5. The summed E-state index contributed by atoms with van der Waals surface area (Å²) in [6.45, 7) is 2.92. The van der Waals surface area contributed by atoms with E-state index < -0.39 is 0 Å². The number of nitrogen functional groups attached to an aromatic ring is 1. The van der Waals surface area contributed by atoms with Crippen LogP contribution in [0.3, 0.4) is 0 Å². The molecule has 0 saturated carbocycles. The Kier molecular flexibility index (Phi) is 5.95. The van der Waals surface area contributed by atoms with Crippen molar-refractivity contribution in [2.75, 3.05) is 12.3 Å². The van der Waals surface area contributed by atoms with Gasteiger partial charge in [0, 0.05) is 6.07 Å². The number of benzene rings is 1. The average Bonchev–Trinajstić information content (AvgIpc) is 2.34. The molecule has 3 nitrogen and oxygen atoms in total. The van der Waals surface area contributed by atoms with E-state index in [0.717, 1.165) is 18.8 Å². The van der Waals surface area contributed by atoms with E-state index in [2.05, 4.69) is 6.92 Å². The molecule has 1 aromatic carbocycles. The molecule has 0 aliphatic rings. The summed E-state index contributed by atoms with van der Waals surface area (Å²) in [5.41, 5.74) is 6.68. The van der Waals surface area contributed by atoms with E-state index >= 15 is 0 Å². The van der Waals surface area contributed by atoms with Gasteiger partial charge in [-0.15, -0.1) is 0 Å². The van der Waals surface area contributed by atoms with Crippen LogP contribution in [0.4, 0.5) is 5.69 Å². The number of rotatable bonds is 7. The summed E-state index contributed by atoms with van der Waals surface area (Å²) in [4.78, 5) is 0. The summed E-state index contributed by atoms with van der Waals surface area (Å²) >= 11 is 0. The number of nitrogens with zero attached hydrogens (tertiary/aromatic N) is 1. The second-order valence-corrected chi connectivity index (χ2v) is 4.12. The predicted octanol–water partition coefficient (Wildman–Crippen LogP) is 3.49. The van der Waals surface area contributed by atoms with Crippen molar-refractivity contribution in [3.63, 3.8) is 0 Å². The zero-order valence-corrected chi connectivity index (χ0v) is 10.4. The molecule has 0 radical (unpaired) electrons. The minimum Gasteiger partial charge on any atom is -0.494 e. The number of unbranched alkanes of at least 4 members (excludes halogenated alkanes) is 4. The van der Waals surface area contributed by atoms with Crippen LogP contribution < -0.4 is 10.5 Å². The molecule has 17 heavy (non-hydrogen) atoms. The number of hydrogen-bond donors (Lipinski definition) is 1. The van der Waals surface area contributed by atoms with Crippen LogP contribution >= 0.6 is 0 Å². The highest BCUT2D eigenvalue weighted by Crippen LogP contribution is 2.19. The Morgan fingerprint density at radius 1 is 1.24 bits per heavy atom. The minimum absolute atomic E-state index is 0.482. The molecule has 1 aromatic rings.